The van der Waals surface area contributed by atoms with Crippen LogP contribution in [0.4, 0.5) is 0 Å². The smallest absolute Gasteiger partial charge is 0.325 e. The summed E-state index contributed by atoms with van der Waals surface area (Å²) in [4.78, 5) is 10.8. The summed E-state index contributed by atoms with van der Waals surface area (Å²) in [6.07, 6.45) is 0.582. The Morgan fingerprint density at radius 1 is 1.64 bits per heavy atom. The van der Waals surface area contributed by atoms with Gasteiger partial charge in [-0.3, -0.25) is 4.79 Å². The minimum Gasteiger partial charge on any atom is -0.438 e. The van der Waals surface area contributed by atoms with Crippen LogP contribution in [0.2, 0.25) is 0 Å². The van der Waals surface area contributed by atoms with Gasteiger partial charge in [0.05, 0.1) is 0 Å². The van der Waals surface area contributed by atoms with Gasteiger partial charge in [-0.1, -0.05) is 13.8 Å². The van der Waals surface area contributed by atoms with E-state index in [1.54, 1.807) is 0 Å². The Labute approximate surface area is 66.3 Å². The van der Waals surface area contributed by atoms with E-state index in [0.717, 1.165) is 0 Å². The number of hydrogen-bond acceptors (Lipinski definition) is 4. The molecule has 0 saturated carbocycles. The van der Waals surface area contributed by atoms with Crippen LogP contribution >= 0.6 is 0 Å². The molecule has 0 bridgehead atoms. The minimum atomic E-state index is -0.609. The molecular weight excluding hydrogens is 146 g/mol. The van der Waals surface area contributed by atoms with Crippen molar-refractivity contribution in [1.82, 2.24) is 0 Å². The Morgan fingerprint density at radius 3 is 2.55 bits per heavy atom. The average Bonchev–Trinajstić information content (AvgIpc) is 1.86. The Kier molecular flexibility index (Phi) is 4.81. The number of aliphatic hydroxyl groups excluding tert-OH is 1. The second kappa shape index (κ2) is 5.09. The third kappa shape index (κ3) is 4.75. The van der Waals surface area contributed by atoms with Gasteiger partial charge in [0.15, 0.2) is 6.79 Å². The van der Waals surface area contributed by atoms with E-state index >= 15 is 0 Å². The van der Waals surface area contributed by atoms with Crippen LogP contribution in [0.3, 0.4) is 0 Å². The largest absolute Gasteiger partial charge is 0.438 e. The van der Waals surface area contributed by atoms with Crippen molar-refractivity contribution in [3.8, 4) is 0 Å². The van der Waals surface area contributed by atoms with E-state index in [9.17, 15) is 4.79 Å². The maximum Gasteiger partial charge on any atom is 0.325 e. The van der Waals surface area contributed by atoms with E-state index in [2.05, 4.69) is 4.74 Å². The highest BCUT2D eigenvalue weighted by Gasteiger charge is 2.15. The fourth-order valence-electron chi connectivity index (χ4n) is 0.775. The number of nitrogens with two attached hydrogens (primary N) is 1. The van der Waals surface area contributed by atoms with Crippen molar-refractivity contribution in [2.45, 2.75) is 26.3 Å². The number of hydrogen-bond donors (Lipinski definition) is 2. The molecule has 0 saturated heterocycles. The van der Waals surface area contributed by atoms with Crippen LogP contribution in [0, 0.1) is 5.92 Å². The summed E-state index contributed by atoms with van der Waals surface area (Å²) in [7, 11) is 0. The first kappa shape index (κ1) is 10.4. The quantitative estimate of drug-likeness (QED) is 0.444. The van der Waals surface area contributed by atoms with Crippen molar-refractivity contribution < 1.29 is 14.6 Å². The molecule has 0 aromatic rings. The molecule has 3 N–H and O–H groups in total. The number of ether oxygens (including phenoxy) is 1. The fraction of sp³-hybridized carbons (Fsp3) is 0.857. The summed E-state index contributed by atoms with van der Waals surface area (Å²) in [6.45, 7) is 3.34. The van der Waals surface area contributed by atoms with Crippen LogP contribution in [0.5, 0.6) is 0 Å². The molecule has 0 aromatic carbocycles. The van der Waals surface area contributed by atoms with Crippen LogP contribution in [0.1, 0.15) is 20.3 Å². The topological polar surface area (TPSA) is 72.6 Å². The highest BCUT2D eigenvalue weighted by atomic mass is 16.6. The molecular formula is C7H15NO3. The second-order valence-electron chi connectivity index (χ2n) is 2.83. The zero-order valence-corrected chi connectivity index (χ0v) is 6.91. The van der Waals surface area contributed by atoms with E-state index in [4.69, 9.17) is 10.8 Å². The summed E-state index contributed by atoms with van der Waals surface area (Å²) in [5.74, 6) is -0.183. The third-order valence-electron chi connectivity index (χ3n) is 1.23. The van der Waals surface area contributed by atoms with Gasteiger partial charge in [0.25, 0.3) is 0 Å². The molecule has 0 aliphatic rings. The lowest BCUT2D eigenvalue weighted by Crippen LogP contribution is -2.33. The zero-order valence-electron chi connectivity index (χ0n) is 6.91. The van der Waals surface area contributed by atoms with Crippen LogP contribution in [0.25, 0.3) is 0 Å². The molecule has 4 heteroatoms. The molecule has 11 heavy (non-hydrogen) atoms. The van der Waals surface area contributed by atoms with Crippen molar-refractivity contribution in [2.75, 3.05) is 6.79 Å². The number of aliphatic hydroxyl groups is 1. The standard InChI is InChI=1S/C7H15NO3/c1-5(2)3-6(8)7(10)11-4-9/h5-6,9H,3-4,8H2,1-2H3/t6-/m0/s1. The molecule has 0 spiro atoms. The molecule has 0 unspecified atom stereocenters. The van der Waals surface area contributed by atoms with Gasteiger partial charge in [0.2, 0.25) is 0 Å². The van der Waals surface area contributed by atoms with Gasteiger partial charge in [-0.2, -0.15) is 0 Å². The fourth-order valence-corrected chi connectivity index (χ4v) is 0.775. The van der Waals surface area contributed by atoms with E-state index in [1.807, 2.05) is 13.8 Å². The first-order valence-corrected chi connectivity index (χ1v) is 3.61. The third-order valence-corrected chi connectivity index (χ3v) is 1.23. The molecule has 0 aromatic heterocycles. The molecule has 0 rings (SSSR count). The molecule has 0 heterocycles. The first-order valence-electron chi connectivity index (χ1n) is 3.61. The molecule has 0 aliphatic carbocycles. The van der Waals surface area contributed by atoms with Gasteiger partial charge >= 0.3 is 5.97 Å². The molecule has 66 valence electrons. The van der Waals surface area contributed by atoms with E-state index in [0.29, 0.717) is 12.3 Å². The lowest BCUT2D eigenvalue weighted by atomic mass is 10.1. The van der Waals surface area contributed by atoms with Gasteiger partial charge in [-0.15, -0.1) is 0 Å². The lowest BCUT2D eigenvalue weighted by Gasteiger charge is -2.11. The van der Waals surface area contributed by atoms with Gasteiger partial charge in [0, 0.05) is 0 Å². The molecule has 4 nitrogen and oxygen atoms in total. The molecule has 0 radical (unpaired) electrons. The summed E-state index contributed by atoms with van der Waals surface area (Å²) in [6, 6.07) is -0.609. The van der Waals surface area contributed by atoms with Gasteiger partial charge < -0.3 is 15.6 Å². The first-order chi connectivity index (χ1) is 5.07. The van der Waals surface area contributed by atoms with Crippen molar-refractivity contribution >= 4 is 5.97 Å². The molecule has 0 fully saturated rings. The van der Waals surface area contributed by atoms with E-state index in [1.165, 1.54) is 0 Å². The van der Waals surface area contributed by atoms with Crippen LogP contribution < -0.4 is 5.73 Å². The normalized spacial score (nSPS) is 13.2. The van der Waals surface area contributed by atoms with Crippen LogP contribution in [-0.2, 0) is 9.53 Å². The number of esters is 1. The predicted octanol–water partition coefficient (Wildman–Crippen LogP) is -0.147. The summed E-state index contributed by atoms with van der Waals surface area (Å²) >= 11 is 0. The van der Waals surface area contributed by atoms with Crippen molar-refractivity contribution in [2.24, 2.45) is 11.7 Å². The zero-order chi connectivity index (χ0) is 8.85. The monoisotopic (exact) mass is 161 g/mol. The molecule has 0 aliphatic heterocycles. The summed E-state index contributed by atoms with van der Waals surface area (Å²) in [5.41, 5.74) is 5.42. The maximum absolute atomic E-state index is 10.8. The Morgan fingerprint density at radius 2 is 2.18 bits per heavy atom. The summed E-state index contributed by atoms with van der Waals surface area (Å²) < 4.78 is 4.30. The van der Waals surface area contributed by atoms with E-state index < -0.39 is 18.8 Å². The SMILES string of the molecule is CC(C)C[C@H](N)C(=O)OCO. The minimum absolute atomic E-state index is 0.358. The Bertz CT molecular complexity index is 125. The molecule has 0 amide bonds. The lowest BCUT2D eigenvalue weighted by molar-refractivity contribution is -0.153. The predicted molar refractivity (Wildman–Crippen MR) is 40.6 cm³/mol. The Hall–Kier alpha value is -0.610. The van der Waals surface area contributed by atoms with Crippen molar-refractivity contribution in [3.05, 3.63) is 0 Å². The summed E-state index contributed by atoms with van der Waals surface area (Å²) in [5, 5.41) is 8.22. The second-order valence-corrected chi connectivity index (χ2v) is 2.83. The van der Waals surface area contributed by atoms with Gasteiger partial charge in [0.1, 0.15) is 6.04 Å². The highest BCUT2D eigenvalue weighted by Crippen LogP contribution is 2.03. The average molecular weight is 161 g/mol. The highest BCUT2D eigenvalue weighted by molar-refractivity contribution is 5.75. The number of carbonyl (C=O) groups is 1. The van der Waals surface area contributed by atoms with Gasteiger partial charge in [-0.05, 0) is 12.3 Å². The van der Waals surface area contributed by atoms with Crippen LogP contribution in [-0.4, -0.2) is 23.9 Å². The number of carbonyl (C=O) groups excluding carboxylic acids is 1. The number of rotatable bonds is 4. The Balaban J connectivity index is 3.64. The molecule has 1 atom stereocenters. The van der Waals surface area contributed by atoms with Gasteiger partial charge in [-0.25, -0.2) is 0 Å². The van der Waals surface area contributed by atoms with Crippen molar-refractivity contribution in [1.29, 1.82) is 0 Å². The van der Waals surface area contributed by atoms with Crippen molar-refractivity contribution in [3.63, 3.8) is 0 Å². The van der Waals surface area contributed by atoms with E-state index in [-0.39, 0.29) is 0 Å². The maximum atomic E-state index is 10.8. The van der Waals surface area contributed by atoms with Crippen LogP contribution in [0.15, 0.2) is 0 Å².